The van der Waals surface area contributed by atoms with Gasteiger partial charge in [0.1, 0.15) is 11.5 Å². The molecule has 0 saturated carbocycles. The minimum absolute atomic E-state index is 0.462. The number of ether oxygens (including phenoxy) is 1. The monoisotopic (exact) mass is 681 g/mol. The molecule has 0 fully saturated rings. The molecule has 8 aromatic carbocycles. The normalized spacial score (nSPS) is 13.3. The average molecular weight is 682 g/mol. The topological polar surface area (TPSA) is 21.3 Å². The van der Waals surface area contributed by atoms with Crippen LogP contribution in [0.2, 0.25) is 0 Å². The number of benzene rings is 8. The van der Waals surface area contributed by atoms with E-state index in [0.717, 1.165) is 28.4 Å². The van der Waals surface area contributed by atoms with E-state index in [4.69, 9.17) is 4.74 Å². The lowest BCUT2D eigenvalue weighted by atomic mass is 9.66. The molecule has 0 unspecified atom stereocenters. The van der Waals surface area contributed by atoms with E-state index in [1.165, 1.54) is 70.2 Å². The molecule has 2 heterocycles. The molecule has 0 saturated heterocycles. The van der Waals surface area contributed by atoms with E-state index in [-0.39, 0.29) is 0 Å². The molecule has 9 aromatic rings. The van der Waals surface area contributed by atoms with E-state index in [2.05, 4.69) is 187 Å². The Kier molecular flexibility index (Phi) is 6.37. The largest absolute Gasteiger partial charge is 0.457 e. The fraction of sp³-hybridized carbons (Fsp3) is 0.0204. The lowest BCUT2D eigenvalue weighted by molar-refractivity contribution is 0.436. The first-order valence-electron chi connectivity index (χ1n) is 17.8. The molecule has 1 N–H and O–H groups in total. The van der Waals surface area contributed by atoms with Crippen molar-refractivity contribution in [3.05, 3.63) is 204 Å². The van der Waals surface area contributed by atoms with Crippen molar-refractivity contribution < 1.29 is 4.74 Å². The first-order chi connectivity index (χ1) is 25.8. The van der Waals surface area contributed by atoms with Gasteiger partial charge in [0.05, 0.1) is 5.41 Å². The van der Waals surface area contributed by atoms with Gasteiger partial charge in [0.15, 0.2) is 0 Å². The quantitative estimate of drug-likeness (QED) is 0.200. The number of hydrogen-bond donors (Lipinski definition) is 1. The Morgan fingerprint density at radius 1 is 0.404 bits per heavy atom. The van der Waals surface area contributed by atoms with Crippen LogP contribution in [0.4, 0.5) is 11.4 Å². The zero-order valence-electron chi connectivity index (χ0n) is 28.1. The number of fused-ring (bicyclic) bond motifs is 12. The Bertz CT molecular complexity index is 2820. The van der Waals surface area contributed by atoms with Gasteiger partial charge in [0, 0.05) is 48.2 Å². The molecule has 1 aromatic heterocycles. The predicted molar refractivity (Wildman–Crippen MR) is 217 cm³/mol. The van der Waals surface area contributed by atoms with Crippen LogP contribution < -0.4 is 10.1 Å². The van der Waals surface area contributed by atoms with Crippen molar-refractivity contribution >= 4 is 42.9 Å². The van der Waals surface area contributed by atoms with Crippen LogP contribution in [0, 0.1) is 0 Å². The lowest BCUT2D eigenvalue weighted by Crippen LogP contribution is -2.32. The summed E-state index contributed by atoms with van der Waals surface area (Å²) in [6, 6.07) is 65.9. The summed E-state index contributed by atoms with van der Waals surface area (Å²) in [6.45, 7) is 0. The van der Waals surface area contributed by atoms with Crippen LogP contribution in [0.1, 0.15) is 22.3 Å². The van der Waals surface area contributed by atoms with Gasteiger partial charge in [-0.15, -0.1) is 11.3 Å². The van der Waals surface area contributed by atoms with E-state index in [1.54, 1.807) is 0 Å². The summed E-state index contributed by atoms with van der Waals surface area (Å²) >= 11 is 1.86. The van der Waals surface area contributed by atoms with Crippen LogP contribution in [0.5, 0.6) is 11.5 Å². The third-order valence-corrected chi connectivity index (χ3v) is 12.1. The summed E-state index contributed by atoms with van der Waals surface area (Å²) in [5.74, 6) is 1.82. The summed E-state index contributed by atoms with van der Waals surface area (Å²) in [5.41, 5.74) is 13.9. The maximum absolute atomic E-state index is 6.51. The van der Waals surface area contributed by atoms with Gasteiger partial charge in [0.25, 0.3) is 0 Å². The molecule has 0 amide bonds. The molecule has 1 aliphatic carbocycles. The summed E-state index contributed by atoms with van der Waals surface area (Å²) in [6.07, 6.45) is 0. The highest BCUT2D eigenvalue weighted by Crippen LogP contribution is 2.62. The van der Waals surface area contributed by atoms with Crippen molar-refractivity contribution in [2.45, 2.75) is 5.41 Å². The number of anilines is 2. The summed E-state index contributed by atoms with van der Waals surface area (Å²) in [4.78, 5) is 0. The summed E-state index contributed by atoms with van der Waals surface area (Å²) in [5, 5.41) is 6.40. The maximum Gasteiger partial charge on any atom is 0.132 e. The number of rotatable bonds is 4. The Hall–Kier alpha value is -6.42. The second-order valence-corrected chi connectivity index (χ2v) is 14.8. The van der Waals surface area contributed by atoms with Crippen LogP contribution in [-0.4, -0.2) is 0 Å². The van der Waals surface area contributed by atoms with Crippen molar-refractivity contribution in [1.29, 1.82) is 0 Å². The van der Waals surface area contributed by atoms with Gasteiger partial charge in [-0.1, -0.05) is 127 Å². The average Bonchev–Trinajstić information content (AvgIpc) is 3.72. The van der Waals surface area contributed by atoms with Crippen molar-refractivity contribution in [2.75, 3.05) is 5.32 Å². The van der Waals surface area contributed by atoms with E-state index in [0.29, 0.717) is 0 Å². The van der Waals surface area contributed by atoms with E-state index < -0.39 is 5.41 Å². The van der Waals surface area contributed by atoms with Crippen LogP contribution in [-0.2, 0) is 5.41 Å². The van der Waals surface area contributed by atoms with Gasteiger partial charge in [-0.3, -0.25) is 0 Å². The Morgan fingerprint density at radius 2 is 1.00 bits per heavy atom. The third-order valence-electron chi connectivity index (χ3n) is 11.0. The van der Waals surface area contributed by atoms with Gasteiger partial charge in [-0.2, -0.15) is 0 Å². The van der Waals surface area contributed by atoms with Crippen molar-refractivity contribution in [3.8, 4) is 44.9 Å². The van der Waals surface area contributed by atoms with Gasteiger partial charge in [0.2, 0.25) is 0 Å². The second kappa shape index (κ2) is 11.3. The highest BCUT2D eigenvalue weighted by Gasteiger charge is 2.50. The minimum atomic E-state index is -0.462. The van der Waals surface area contributed by atoms with Crippen molar-refractivity contribution in [1.82, 2.24) is 0 Å². The Balaban J connectivity index is 0.978. The first-order valence-corrected chi connectivity index (χ1v) is 18.6. The van der Waals surface area contributed by atoms with Crippen LogP contribution >= 0.6 is 11.3 Å². The number of thiophene rings is 1. The van der Waals surface area contributed by atoms with E-state index >= 15 is 0 Å². The molecule has 1 aliphatic heterocycles. The molecule has 244 valence electrons. The molecule has 52 heavy (non-hydrogen) atoms. The third kappa shape index (κ3) is 4.24. The summed E-state index contributed by atoms with van der Waals surface area (Å²) in [7, 11) is 0. The number of hydrogen-bond acceptors (Lipinski definition) is 3. The van der Waals surface area contributed by atoms with E-state index in [1.807, 2.05) is 11.3 Å². The smallest absolute Gasteiger partial charge is 0.132 e. The fourth-order valence-electron chi connectivity index (χ4n) is 8.68. The van der Waals surface area contributed by atoms with Crippen LogP contribution in [0.3, 0.4) is 0 Å². The SMILES string of the molecule is c1ccc(-c2ccc3c(c2)-c2ccccc2C32c3ccccc3Oc3ccccc32)c(Nc2ccc(-c3ccc4sc5ccccc5c4c3)cc2)c1. The molecule has 2 aliphatic rings. The van der Waals surface area contributed by atoms with Gasteiger partial charge >= 0.3 is 0 Å². The zero-order valence-corrected chi connectivity index (χ0v) is 29.0. The standard InChI is InChI=1S/C49H31NOS/c1-4-14-40-36(12-1)38-30-33(23-27-41(38)49(40)42-15-5-8-18-45(42)51-46-19-9-6-16-43(46)49)35-11-2-7-17-44(35)50-34-25-21-31(22-26-34)32-24-28-48-39(29-32)37-13-3-10-20-47(37)52-48/h1-30,50H. The Morgan fingerprint density at radius 3 is 1.81 bits per heavy atom. The molecule has 3 heteroatoms. The molecular formula is C49H31NOS. The second-order valence-electron chi connectivity index (χ2n) is 13.7. The molecule has 0 atom stereocenters. The highest BCUT2D eigenvalue weighted by molar-refractivity contribution is 7.25. The molecule has 0 radical (unpaired) electrons. The molecule has 11 rings (SSSR count). The van der Waals surface area contributed by atoms with E-state index in [9.17, 15) is 0 Å². The molecule has 0 bridgehead atoms. The van der Waals surface area contributed by atoms with Crippen LogP contribution in [0.15, 0.2) is 182 Å². The van der Waals surface area contributed by atoms with Gasteiger partial charge < -0.3 is 10.1 Å². The van der Waals surface area contributed by atoms with Crippen molar-refractivity contribution in [2.24, 2.45) is 0 Å². The predicted octanol–water partition coefficient (Wildman–Crippen LogP) is 13.6. The van der Waals surface area contributed by atoms with Crippen molar-refractivity contribution in [3.63, 3.8) is 0 Å². The fourth-order valence-corrected chi connectivity index (χ4v) is 9.76. The molecule has 2 nitrogen and oxygen atoms in total. The highest BCUT2D eigenvalue weighted by atomic mass is 32.1. The Labute approximate surface area is 306 Å². The molecule has 1 spiro atoms. The molecular weight excluding hydrogens is 651 g/mol. The summed E-state index contributed by atoms with van der Waals surface area (Å²) < 4.78 is 9.17. The maximum atomic E-state index is 6.51. The minimum Gasteiger partial charge on any atom is -0.457 e. The van der Waals surface area contributed by atoms with Gasteiger partial charge in [-0.25, -0.2) is 0 Å². The first kappa shape index (κ1) is 29.3. The lowest BCUT2D eigenvalue weighted by Gasteiger charge is -2.39. The van der Waals surface area contributed by atoms with Gasteiger partial charge in [-0.05, 0) is 93.5 Å². The zero-order chi connectivity index (χ0) is 34.2. The number of nitrogens with one attached hydrogen (secondary N) is 1. The number of para-hydroxylation sites is 3. The van der Waals surface area contributed by atoms with Crippen LogP contribution in [0.25, 0.3) is 53.6 Å².